The van der Waals surface area contributed by atoms with E-state index < -0.39 is 0 Å². The Morgan fingerprint density at radius 3 is 2.57 bits per heavy atom. The molecule has 76 valence electrons. The van der Waals surface area contributed by atoms with Gasteiger partial charge in [0.2, 0.25) is 0 Å². The first-order valence-corrected chi connectivity index (χ1v) is 4.71. The fourth-order valence-electron chi connectivity index (χ4n) is 1.04. The number of nitrogens with zero attached hydrogens (tertiary/aromatic N) is 1. The molecule has 0 aliphatic heterocycles. The summed E-state index contributed by atoms with van der Waals surface area (Å²) in [5.74, 6) is 0. The summed E-state index contributed by atoms with van der Waals surface area (Å²) in [6.07, 6.45) is 0.534. The number of carbonyl (C=O) groups is 1. The molecule has 1 aromatic rings. The predicted octanol–water partition coefficient (Wildman–Crippen LogP) is 2.67. The second-order valence-electron chi connectivity index (χ2n) is 3.01. The van der Waals surface area contributed by atoms with Gasteiger partial charge in [-0.05, 0) is 18.6 Å². The SMILES string of the molecule is CCCOC(=O)N(C)c1ccccc1. The van der Waals surface area contributed by atoms with Gasteiger partial charge in [0.1, 0.15) is 0 Å². The van der Waals surface area contributed by atoms with Gasteiger partial charge in [-0.1, -0.05) is 25.1 Å². The van der Waals surface area contributed by atoms with Gasteiger partial charge in [-0.3, -0.25) is 4.90 Å². The molecule has 1 amide bonds. The highest BCUT2D eigenvalue weighted by atomic mass is 16.6. The zero-order chi connectivity index (χ0) is 10.4. The third-order valence-electron chi connectivity index (χ3n) is 1.85. The summed E-state index contributed by atoms with van der Waals surface area (Å²) in [7, 11) is 1.70. The Labute approximate surface area is 84.3 Å². The van der Waals surface area contributed by atoms with E-state index in [1.54, 1.807) is 7.05 Å². The van der Waals surface area contributed by atoms with E-state index in [0.717, 1.165) is 12.1 Å². The molecule has 0 atom stereocenters. The molecule has 0 bridgehead atoms. The van der Waals surface area contributed by atoms with Crippen molar-refractivity contribution in [1.29, 1.82) is 0 Å². The standard InChI is InChI=1S/C11H15NO2/c1-3-9-14-11(13)12(2)10-7-5-4-6-8-10/h4-8H,3,9H2,1-2H3. The first-order chi connectivity index (χ1) is 6.75. The summed E-state index contributed by atoms with van der Waals surface area (Å²) in [4.78, 5) is 12.9. The van der Waals surface area contributed by atoms with Crippen molar-refractivity contribution < 1.29 is 9.53 Å². The highest BCUT2D eigenvalue weighted by Gasteiger charge is 2.10. The number of benzene rings is 1. The zero-order valence-electron chi connectivity index (χ0n) is 8.56. The first-order valence-electron chi connectivity index (χ1n) is 4.71. The number of anilines is 1. The molecule has 0 saturated heterocycles. The van der Waals surface area contributed by atoms with Crippen molar-refractivity contribution in [3.63, 3.8) is 0 Å². The molecule has 3 nitrogen and oxygen atoms in total. The van der Waals surface area contributed by atoms with Crippen molar-refractivity contribution in [1.82, 2.24) is 0 Å². The maximum Gasteiger partial charge on any atom is 0.414 e. The van der Waals surface area contributed by atoms with E-state index in [2.05, 4.69) is 0 Å². The second kappa shape index (κ2) is 5.27. The molecule has 0 aliphatic rings. The summed E-state index contributed by atoms with van der Waals surface area (Å²) in [5, 5.41) is 0. The van der Waals surface area contributed by atoms with Crippen LogP contribution in [0, 0.1) is 0 Å². The lowest BCUT2D eigenvalue weighted by molar-refractivity contribution is 0.155. The molecule has 1 rings (SSSR count). The van der Waals surface area contributed by atoms with E-state index in [-0.39, 0.29) is 6.09 Å². The molecular formula is C11H15NO2. The van der Waals surface area contributed by atoms with Crippen LogP contribution in [0.4, 0.5) is 10.5 Å². The van der Waals surface area contributed by atoms with Crippen molar-refractivity contribution in [3.05, 3.63) is 30.3 Å². The van der Waals surface area contributed by atoms with Gasteiger partial charge in [0.25, 0.3) is 0 Å². The van der Waals surface area contributed by atoms with Crippen molar-refractivity contribution in [2.45, 2.75) is 13.3 Å². The number of hydrogen-bond donors (Lipinski definition) is 0. The molecule has 0 N–H and O–H groups in total. The molecule has 0 aliphatic carbocycles. The van der Waals surface area contributed by atoms with E-state index in [0.29, 0.717) is 6.61 Å². The molecule has 14 heavy (non-hydrogen) atoms. The van der Waals surface area contributed by atoms with Gasteiger partial charge in [0, 0.05) is 12.7 Å². The van der Waals surface area contributed by atoms with Crippen molar-refractivity contribution in [2.24, 2.45) is 0 Å². The Morgan fingerprint density at radius 1 is 1.36 bits per heavy atom. The van der Waals surface area contributed by atoms with E-state index in [4.69, 9.17) is 4.74 Å². The largest absolute Gasteiger partial charge is 0.449 e. The Kier molecular flexibility index (Phi) is 3.98. The highest BCUT2D eigenvalue weighted by molar-refractivity contribution is 5.86. The monoisotopic (exact) mass is 193 g/mol. The topological polar surface area (TPSA) is 29.5 Å². The molecule has 0 spiro atoms. The average molecular weight is 193 g/mol. The fourth-order valence-corrected chi connectivity index (χ4v) is 1.04. The van der Waals surface area contributed by atoms with Crippen LogP contribution in [0.15, 0.2) is 30.3 Å². The lowest BCUT2D eigenvalue weighted by Gasteiger charge is -2.16. The number of rotatable bonds is 3. The zero-order valence-corrected chi connectivity index (χ0v) is 8.56. The molecule has 3 heteroatoms. The maximum absolute atomic E-state index is 11.4. The molecule has 0 fully saturated rings. The minimum Gasteiger partial charge on any atom is -0.449 e. The van der Waals surface area contributed by atoms with E-state index in [1.807, 2.05) is 37.3 Å². The summed E-state index contributed by atoms with van der Waals surface area (Å²) in [5.41, 5.74) is 0.841. The minimum atomic E-state index is -0.307. The molecule has 0 heterocycles. The van der Waals surface area contributed by atoms with Crippen LogP contribution in [0.3, 0.4) is 0 Å². The molecule has 1 aromatic carbocycles. The average Bonchev–Trinajstić information content (AvgIpc) is 2.26. The summed E-state index contributed by atoms with van der Waals surface area (Å²) in [6.45, 7) is 2.44. The Morgan fingerprint density at radius 2 is 2.00 bits per heavy atom. The third kappa shape index (κ3) is 2.76. The van der Waals surface area contributed by atoms with Gasteiger partial charge in [-0.2, -0.15) is 0 Å². The molecule has 0 unspecified atom stereocenters. The van der Waals surface area contributed by atoms with Gasteiger partial charge in [-0.15, -0.1) is 0 Å². The molecule has 0 radical (unpaired) electrons. The Balaban J connectivity index is 2.57. The number of hydrogen-bond acceptors (Lipinski definition) is 2. The van der Waals surface area contributed by atoms with E-state index in [1.165, 1.54) is 4.90 Å². The summed E-state index contributed by atoms with van der Waals surface area (Å²) in [6, 6.07) is 9.42. The Hall–Kier alpha value is -1.51. The number of ether oxygens (including phenoxy) is 1. The van der Waals surface area contributed by atoms with E-state index in [9.17, 15) is 4.79 Å². The van der Waals surface area contributed by atoms with Crippen molar-refractivity contribution >= 4 is 11.8 Å². The Bertz CT molecular complexity index is 285. The summed E-state index contributed by atoms with van der Waals surface area (Å²) < 4.78 is 4.99. The fraction of sp³-hybridized carbons (Fsp3) is 0.364. The van der Waals surface area contributed by atoms with Crippen molar-refractivity contribution in [3.8, 4) is 0 Å². The third-order valence-corrected chi connectivity index (χ3v) is 1.85. The predicted molar refractivity (Wildman–Crippen MR) is 56.5 cm³/mol. The van der Waals surface area contributed by atoms with Crippen LogP contribution in [-0.2, 0) is 4.74 Å². The van der Waals surface area contributed by atoms with Gasteiger partial charge < -0.3 is 4.74 Å². The van der Waals surface area contributed by atoms with Gasteiger partial charge in [0.05, 0.1) is 6.61 Å². The minimum absolute atomic E-state index is 0.307. The molecule has 0 saturated carbocycles. The van der Waals surface area contributed by atoms with Gasteiger partial charge in [0.15, 0.2) is 0 Å². The molecular weight excluding hydrogens is 178 g/mol. The highest BCUT2D eigenvalue weighted by Crippen LogP contribution is 2.11. The van der Waals surface area contributed by atoms with Crippen LogP contribution in [-0.4, -0.2) is 19.7 Å². The maximum atomic E-state index is 11.4. The van der Waals surface area contributed by atoms with Crippen molar-refractivity contribution in [2.75, 3.05) is 18.6 Å². The number of para-hydroxylation sites is 1. The van der Waals surface area contributed by atoms with Crippen LogP contribution < -0.4 is 4.90 Å². The first kappa shape index (κ1) is 10.6. The quantitative estimate of drug-likeness (QED) is 0.738. The smallest absolute Gasteiger partial charge is 0.414 e. The van der Waals surface area contributed by atoms with Crippen LogP contribution >= 0.6 is 0 Å². The van der Waals surface area contributed by atoms with E-state index >= 15 is 0 Å². The lowest BCUT2D eigenvalue weighted by atomic mass is 10.3. The van der Waals surface area contributed by atoms with Crippen LogP contribution in [0.1, 0.15) is 13.3 Å². The number of carbonyl (C=O) groups excluding carboxylic acids is 1. The summed E-state index contributed by atoms with van der Waals surface area (Å²) >= 11 is 0. The lowest BCUT2D eigenvalue weighted by Crippen LogP contribution is -2.27. The normalized spacial score (nSPS) is 9.57. The van der Waals surface area contributed by atoms with Crippen LogP contribution in [0.2, 0.25) is 0 Å². The van der Waals surface area contributed by atoms with Gasteiger partial charge >= 0.3 is 6.09 Å². The molecule has 0 aromatic heterocycles. The second-order valence-corrected chi connectivity index (χ2v) is 3.01. The van der Waals surface area contributed by atoms with Gasteiger partial charge in [-0.25, -0.2) is 4.79 Å². The van der Waals surface area contributed by atoms with Crippen LogP contribution in [0.25, 0.3) is 0 Å². The number of amides is 1. The van der Waals surface area contributed by atoms with Crippen LogP contribution in [0.5, 0.6) is 0 Å².